The Kier molecular flexibility index (Phi) is 10.9. The largest absolute Gasteiger partial charge is 2.00 e. The van der Waals surface area contributed by atoms with Crippen LogP contribution in [0.4, 0.5) is 0 Å². The zero-order chi connectivity index (χ0) is 8.58. The fourth-order valence-electron chi connectivity index (χ4n) is 0.173. The van der Waals surface area contributed by atoms with Crippen LogP contribution in [0, 0.1) is 0 Å². The summed E-state index contributed by atoms with van der Waals surface area (Å²) in [7, 11) is -11.0. The molecule has 0 aliphatic heterocycles. The van der Waals surface area contributed by atoms with Gasteiger partial charge in [0.25, 0.3) is 0 Å². The van der Waals surface area contributed by atoms with Crippen LogP contribution in [0.3, 0.4) is 0 Å². The molecule has 66 valence electrons. The molecule has 0 amide bonds. The molecule has 0 spiro atoms. The van der Waals surface area contributed by atoms with Crippen LogP contribution in [0.1, 0.15) is 0 Å². The van der Waals surface area contributed by atoms with E-state index in [2.05, 4.69) is 11.6 Å². The van der Waals surface area contributed by atoms with Crippen LogP contribution in [-0.2, 0) is 9.13 Å². The second kappa shape index (κ2) is 6.63. The Morgan fingerprint density at radius 1 is 0.917 bits per heavy atom. The smallest absolute Gasteiger partial charge is 0.809 e. The first-order valence-electron chi connectivity index (χ1n) is 1.83. The minimum atomic E-state index is -5.50. The van der Waals surface area contributed by atoms with Crippen LogP contribution >= 0.6 is 26.8 Å². The van der Waals surface area contributed by atoms with Gasteiger partial charge in [0, 0.05) is 0 Å². The molecule has 0 saturated carbocycles. The van der Waals surface area contributed by atoms with Crippen LogP contribution in [-0.4, -0.2) is 52.7 Å². The van der Waals surface area contributed by atoms with Crippen LogP contribution < -0.4 is 19.6 Å². The molecule has 6 nitrogen and oxygen atoms in total. The maximum absolute atomic E-state index is 9.75. The molecule has 0 atom stereocenters. The normalized spacial score (nSPS) is 11.8. The standard InChI is InChI=1S/CH5ClO6P2.2Sn/c2-1(9(3,4)5)10(6,7)8;;/h1H,(H2,3,4,5)(H2,6,7,8);;/q;2*+2/p-4. The van der Waals surface area contributed by atoms with Gasteiger partial charge in [-0.25, -0.2) is 0 Å². The van der Waals surface area contributed by atoms with Crippen molar-refractivity contribution in [2.45, 2.75) is 4.86 Å². The molecule has 0 rings (SSSR count). The van der Waals surface area contributed by atoms with Crippen molar-refractivity contribution in [1.82, 2.24) is 0 Å². The molecule has 0 N–H and O–H groups in total. The molecule has 11 heteroatoms. The van der Waals surface area contributed by atoms with Crippen molar-refractivity contribution in [3.8, 4) is 0 Å². The van der Waals surface area contributed by atoms with Gasteiger partial charge in [0.05, 0.1) is 4.86 Å². The molecule has 0 bridgehead atoms. The number of halogens is 1. The molecule has 0 aromatic rings. The van der Waals surface area contributed by atoms with Crippen molar-refractivity contribution in [2.75, 3.05) is 0 Å². The fourth-order valence-corrected chi connectivity index (χ4v) is 1.56. The van der Waals surface area contributed by atoms with Gasteiger partial charge in [0.15, 0.2) is 0 Å². The monoisotopic (exact) mass is 446 g/mol. The summed E-state index contributed by atoms with van der Waals surface area (Å²) in [6.45, 7) is 0. The minimum absolute atomic E-state index is 0. The zero-order valence-corrected chi connectivity index (χ0v) is 13.6. The third kappa shape index (κ3) is 7.58. The first-order valence-corrected chi connectivity index (χ1v) is 5.49. The van der Waals surface area contributed by atoms with E-state index in [0.717, 1.165) is 0 Å². The number of hydrogen-bond acceptors (Lipinski definition) is 6. The average Bonchev–Trinajstić information content (AvgIpc) is 1.59. The van der Waals surface area contributed by atoms with Crippen molar-refractivity contribution < 1.29 is 28.7 Å². The second-order valence-electron chi connectivity index (χ2n) is 1.39. The van der Waals surface area contributed by atoms with Gasteiger partial charge < -0.3 is 28.7 Å². The van der Waals surface area contributed by atoms with Crippen LogP contribution in [0.15, 0.2) is 0 Å². The van der Waals surface area contributed by atoms with Crippen LogP contribution in [0.2, 0.25) is 0 Å². The first kappa shape index (κ1) is 19.7. The van der Waals surface area contributed by atoms with Gasteiger partial charge >= 0.3 is 47.8 Å². The molecular formula is CHClO6P2Sn2. The molecule has 0 unspecified atom stereocenters. The van der Waals surface area contributed by atoms with E-state index < -0.39 is 20.1 Å². The summed E-state index contributed by atoms with van der Waals surface area (Å²) in [5, 5.41) is 0. The number of rotatable bonds is 2. The first-order chi connectivity index (χ1) is 4.15. The van der Waals surface area contributed by atoms with Gasteiger partial charge in [0.2, 0.25) is 0 Å². The van der Waals surface area contributed by atoms with E-state index in [9.17, 15) is 28.7 Å². The molecule has 0 saturated heterocycles. The van der Waals surface area contributed by atoms with E-state index >= 15 is 0 Å². The molecule has 0 aliphatic carbocycles. The molecule has 0 aliphatic rings. The maximum Gasteiger partial charge on any atom is 2.00 e. The van der Waals surface area contributed by atoms with Gasteiger partial charge in [-0.2, -0.15) is 0 Å². The molecular weight excluding hydrogens is 443 g/mol. The summed E-state index contributed by atoms with van der Waals surface area (Å²) in [6.07, 6.45) is 0. The zero-order valence-electron chi connectivity index (χ0n) is 5.30. The summed E-state index contributed by atoms with van der Waals surface area (Å²) in [5.74, 6) is 0. The summed E-state index contributed by atoms with van der Waals surface area (Å²) in [4.78, 5) is 36.1. The van der Waals surface area contributed by atoms with Crippen molar-refractivity contribution in [1.29, 1.82) is 0 Å². The summed E-state index contributed by atoms with van der Waals surface area (Å²) < 4.78 is 19.5. The summed E-state index contributed by atoms with van der Waals surface area (Å²) in [6, 6.07) is 0. The van der Waals surface area contributed by atoms with Crippen LogP contribution in [0.5, 0.6) is 0 Å². The van der Waals surface area contributed by atoms with Gasteiger partial charge in [-0.15, -0.1) is 11.6 Å². The van der Waals surface area contributed by atoms with E-state index in [1.165, 1.54) is 0 Å². The molecule has 0 aromatic carbocycles. The van der Waals surface area contributed by atoms with Gasteiger partial charge in [0.1, 0.15) is 0 Å². The SMILES string of the molecule is O=P([O-])([O-])C(Cl)P(=O)([O-])[O-].[Sn+2].[Sn+2]. The molecule has 12 heavy (non-hydrogen) atoms. The minimum Gasteiger partial charge on any atom is -0.809 e. The fraction of sp³-hybridized carbons (Fsp3) is 1.00. The maximum atomic E-state index is 9.75. The number of alkyl halides is 1. The Labute approximate surface area is 107 Å². The molecule has 4 radical (unpaired) electrons. The second-order valence-corrected chi connectivity index (χ2v) is 6.03. The van der Waals surface area contributed by atoms with Crippen molar-refractivity contribution in [3.63, 3.8) is 0 Å². The quantitative estimate of drug-likeness (QED) is 0.248. The average molecular weight is 444 g/mol. The van der Waals surface area contributed by atoms with Crippen LogP contribution in [0.25, 0.3) is 0 Å². The van der Waals surface area contributed by atoms with Gasteiger partial charge in [-0.1, -0.05) is 0 Å². The summed E-state index contributed by atoms with van der Waals surface area (Å²) >= 11 is 4.46. The van der Waals surface area contributed by atoms with E-state index in [4.69, 9.17) is 0 Å². The third-order valence-electron chi connectivity index (χ3n) is 0.522. The Morgan fingerprint density at radius 3 is 1.08 bits per heavy atom. The third-order valence-corrected chi connectivity index (χ3v) is 4.70. The Balaban J connectivity index is -0.000000405. The van der Waals surface area contributed by atoms with E-state index in [0.29, 0.717) is 0 Å². The Bertz CT molecular complexity index is 186. The molecule has 0 heterocycles. The molecule has 0 aromatic heterocycles. The predicted molar refractivity (Wildman–Crippen MR) is 36.4 cm³/mol. The molecule has 0 fully saturated rings. The van der Waals surface area contributed by atoms with Gasteiger partial charge in [-0.05, 0) is 15.2 Å². The van der Waals surface area contributed by atoms with Crippen molar-refractivity contribution >= 4 is 74.6 Å². The summed E-state index contributed by atoms with van der Waals surface area (Å²) in [5.41, 5.74) is 0. The van der Waals surface area contributed by atoms with Gasteiger partial charge in [-0.3, -0.25) is 0 Å². The van der Waals surface area contributed by atoms with Crippen molar-refractivity contribution in [2.24, 2.45) is 0 Å². The Hall–Kier alpha value is 2.19. The number of hydrogen-bond donors (Lipinski definition) is 0. The topological polar surface area (TPSA) is 126 Å². The Morgan fingerprint density at radius 2 is 1.08 bits per heavy atom. The van der Waals surface area contributed by atoms with Crippen molar-refractivity contribution in [3.05, 3.63) is 0 Å². The predicted octanol–water partition coefficient (Wildman–Crippen LogP) is -3.43. The van der Waals surface area contributed by atoms with E-state index in [-0.39, 0.29) is 47.8 Å². The van der Waals surface area contributed by atoms with E-state index in [1.54, 1.807) is 0 Å². The van der Waals surface area contributed by atoms with E-state index in [1.807, 2.05) is 0 Å².